The smallest absolute Gasteiger partial charge is 0.0476 e. The molecule has 0 aliphatic heterocycles. The molecular weight excluding hydrogens is 486 g/mol. The standard InChI is InChI=1S/C30H20BrNS/c31-23-14-16-27-28-17-15-26(20-30(28)33-29(27)19-23)32(24-11-5-2-6-12-24)25-13-7-10-22(18-25)21-8-3-1-4-9-21/h1-20H. The van der Waals surface area contributed by atoms with Crippen molar-refractivity contribution in [2.24, 2.45) is 0 Å². The number of benzene rings is 5. The summed E-state index contributed by atoms with van der Waals surface area (Å²) in [5, 5.41) is 2.61. The van der Waals surface area contributed by atoms with E-state index in [9.17, 15) is 0 Å². The van der Waals surface area contributed by atoms with Gasteiger partial charge in [0.1, 0.15) is 0 Å². The van der Waals surface area contributed by atoms with Crippen LogP contribution in [0.1, 0.15) is 0 Å². The number of thiophene rings is 1. The third-order valence-corrected chi connectivity index (χ3v) is 7.51. The first-order valence-corrected chi connectivity index (χ1v) is 12.5. The van der Waals surface area contributed by atoms with Gasteiger partial charge in [-0.2, -0.15) is 0 Å². The van der Waals surface area contributed by atoms with Gasteiger partial charge in [-0.05, 0) is 59.7 Å². The Hall–Kier alpha value is -3.40. The molecule has 0 atom stereocenters. The summed E-state index contributed by atoms with van der Waals surface area (Å²) in [6, 6.07) is 43.3. The van der Waals surface area contributed by atoms with Gasteiger partial charge in [0.2, 0.25) is 0 Å². The van der Waals surface area contributed by atoms with Crippen LogP contribution in [0.3, 0.4) is 0 Å². The van der Waals surface area contributed by atoms with Gasteiger partial charge in [-0.15, -0.1) is 11.3 Å². The van der Waals surface area contributed by atoms with Crippen molar-refractivity contribution >= 4 is 64.5 Å². The van der Waals surface area contributed by atoms with E-state index in [1.165, 1.54) is 31.3 Å². The van der Waals surface area contributed by atoms with E-state index in [1.54, 1.807) is 0 Å². The Morgan fingerprint density at radius 3 is 1.88 bits per heavy atom. The number of halogens is 1. The largest absolute Gasteiger partial charge is 0.310 e. The summed E-state index contributed by atoms with van der Waals surface area (Å²) in [6.45, 7) is 0. The van der Waals surface area contributed by atoms with Gasteiger partial charge in [0.05, 0.1) is 0 Å². The highest BCUT2D eigenvalue weighted by Crippen LogP contribution is 2.41. The van der Waals surface area contributed by atoms with E-state index < -0.39 is 0 Å². The SMILES string of the molecule is Brc1ccc2c(c1)sc1cc(N(c3ccccc3)c3cccc(-c4ccccc4)c3)ccc12. The quantitative estimate of drug-likeness (QED) is 0.230. The van der Waals surface area contributed by atoms with Crippen molar-refractivity contribution in [1.29, 1.82) is 0 Å². The van der Waals surface area contributed by atoms with Gasteiger partial charge < -0.3 is 4.90 Å². The van der Waals surface area contributed by atoms with Crippen LogP contribution in [0.5, 0.6) is 0 Å². The average Bonchev–Trinajstić information content (AvgIpc) is 3.22. The van der Waals surface area contributed by atoms with E-state index in [1.807, 2.05) is 11.3 Å². The van der Waals surface area contributed by atoms with Crippen molar-refractivity contribution in [3.05, 3.63) is 126 Å². The van der Waals surface area contributed by atoms with Crippen molar-refractivity contribution in [3.8, 4) is 11.1 Å². The average molecular weight is 506 g/mol. The minimum Gasteiger partial charge on any atom is -0.310 e. The van der Waals surface area contributed by atoms with Crippen LogP contribution >= 0.6 is 27.3 Å². The molecule has 5 aromatic carbocycles. The summed E-state index contributed by atoms with van der Waals surface area (Å²) in [6.07, 6.45) is 0. The Morgan fingerprint density at radius 2 is 1.09 bits per heavy atom. The fourth-order valence-corrected chi connectivity index (χ4v) is 6.05. The molecule has 1 aromatic heterocycles. The van der Waals surface area contributed by atoms with Crippen molar-refractivity contribution in [1.82, 2.24) is 0 Å². The molecule has 0 aliphatic rings. The molecule has 0 unspecified atom stereocenters. The molecule has 6 rings (SSSR count). The van der Waals surface area contributed by atoms with Gasteiger partial charge in [0.15, 0.2) is 0 Å². The Morgan fingerprint density at radius 1 is 0.485 bits per heavy atom. The van der Waals surface area contributed by atoms with Crippen LogP contribution in [0.4, 0.5) is 17.1 Å². The first kappa shape index (κ1) is 20.2. The van der Waals surface area contributed by atoms with Gasteiger partial charge >= 0.3 is 0 Å². The van der Waals surface area contributed by atoms with E-state index >= 15 is 0 Å². The van der Waals surface area contributed by atoms with Gasteiger partial charge in [-0.3, -0.25) is 0 Å². The molecule has 0 amide bonds. The van der Waals surface area contributed by atoms with E-state index in [2.05, 4.69) is 142 Å². The van der Waals surface area contributed by atoms with E-state index in [4.69, 9.17) is 0 Å². The number of rotatable bonds is 4. The van der Waals surface area contributed by atoms with Gasteiger partial charge in [0.25, 0.3) is 0 Å². The molecule has 33 heavy (non-hydrogen) atoms. The Kier molecular flexibility index (Phi) is 5.21. The number of anilines is 3. The van der Waals surface area contributed by atoms with Crippen molar-refractivity contribution in [2.75, 3.05) is 4.90 Å². The molecule has 0 saturated heterocycles. The number of para-hydroxylation sites is 1. The van der Waals surface area contributed by atoms with E-state index in [0.717, 1.165) is 21.5 Å². The molecule has 0 N–H and O–H groups in total. The summed E-state index contributed by atoms with van der Waals surface area (Å²) in [4.78, 5) is 2.34. The molecule has 0 aliphatic carbocycles. The maximum Gasteiger partial charge on any atom is 0.0476 e. The van der Waals surface area contributed by atoms with Crippen LogP contribution in [0.15, 0.2) is 126 Å². The molecular formula is C30H20BrNS. The lowest BCUT2D eigenvalue weighted by molar-refractivity contribution is 1.29. The summed E-state index contributed by atoms with van der Waals surface area (Å²) >= 11 is 5.45. The highest BCUT2D eigenvalue weighted by atomic mass is 79.9. The summed E-state index contributed by atoms with van der Waals surface area (Å²) in [5.41, 5.74) is 5.88. The van der Waals surface area contributed by atoms with Crippen LogP contribution in [0.2, 0.25) is 0 Å². The Balaban J connectivity index is 1.52. The summed E-state index contributed by atoms with van der Waals surface area (Å²) < 4.78 is 3.71. The topological polar surface area (TPSA) is 3.24 Å². The van der Waals surface area contributed by atoms with E-state index in [0.29, 0.717) is 0 Å². The van der Waals surface area contributed by atoms with Crippen molar-refractivity contribution < 1.29 is 0 Å². The fraction of sp³-hybridized carbons (Fsp3) is 0. The second-order valence-electron chi connectivity index (χ2n) is 8.01. The Bertz CT molecular complexity index is 1570. The molecule has 158 valence electrons. The number of hydrogen-bond donors (Lipinski definition) is 0. The van der Waals surface area contributed by atoms with Gasteiger partial charge in [-0.25, -0.2) is 0 Å². The minimum atomic E-state index is 1.12. The number of nitrogens with zero attached hydrogens (tertiary/aromatic N) is 1. The molecule has 6 aromatic rings. The third-order valence-electron chi connectivity index (χ3n) is 5.90. The lowest BCUT2D eigenvalue weighted by atomic mass is 10.0. The number of hydrogen-bond acceptors (Lipinski definition) is 2. The van der Waals surface area contributed by atoms with E-state index in [-0.39, 0.29) is 0 Å². The van der Waals surface area contributed by atoms with Crippen LogP contribution in [-0.4, -0.2) is 0 Å². The van der Waals surface area contributed by atoms with Crippen LogP contribution in [0, 0.1) is 0 Å². The van der Waals surface area contributed by atoms with Crippen molar-refractivity contribution in [3.63, 3.8) is 0 Å². The molecule has 0 bridgehead atoms. The lowest BCUT2D eigenvalue weighted by Gasteiger charge is -2.26. The van der Waals surface area contributed by atoms with Crippen LogP contribution < -0.4 is 4.90 Å². The zero-order valence-corrected chi connectivity index (χ0v) is 20.2. The molecule has 0 saturated carbocycles. The fourth-order valence-electron chi connectivity index (χ4n) is 4.36. The molecule has 0 spiro atoms. The van der Waals surface area contributed by atoms with Crippen LogP contribution in [0.25, 0.3) is 31.3 Å². The minimum absolute atomic E-state index is 1.12. The zero-order valence-electron chi connectivity index (χ0n) is 17.8. The second kappa shape index (κ2) is 8.51. The predicted molar refractivity (Wildman–Crippen MR) is 147 cm³/mol. The van der Waals surface area contributed by atoms with Crippen molar-refractivity contribution in [2.45, 2.75) is 0 Å². The highest BCUT2D eigenvalue weighted by Gasteiger charge is 2.15. The van der Waals surface area contributed by atoms with Crippen LogP contribution in [-0.2, 0) is 0 Å². The summed E-state index contributed by atoms with van der Waals surface area (Å²) in [7, 11) is 0. The summed E-state index contributed by atoms with van der Waals surface area (Å²) in [5.74, 6) is 0. The molecule has 3 heteroatoms. The first-order valence-electron chi connectivity index (χ1n) is 10.9. The predicted octanol–water partition coefficient (Wildman–Crippen LogP) is 9.95. The van der Waals surface area contributed by atoms with Gasteiger partial charge in [0, 0.05) is 41.7 Å². The number of fused-ring (bicyclic) bond motifs is 3. The Labute approximate surface area is 205 Å². The first-order chi connectivity index (χ1) is 16.3. The normalized spacial score (nSPS) is 11.2. The maximum atomic E-state index is 3.61. The van der Waals surface area contributed by atoms with Gasteiger partial charge in [-0.1, -0.05) is 88.7 Å². The monoisotopic (exact) mass is 505 g/mol. The molecule has 0 fully saturated rings. The molecule has 1 heterocycles. The molecule has 1 nitrogen and oxygen atoms in total. The zero-order chi connectivity index (χ0) is 22.2. The molecule has 0 radical (unpaired) electrons. The highest BCUT2D eigenvalue weighted by molar-refractivity contribution is 9.10. The second-order valence-corrected chi connectivity index (χ2v) is 10.0. The lowest BCUT2D eigenvalue weighted by Crippen LogP contribution is -2.09. The maximum absolute atomic E-state index is 3.61. The third kappa shape index (κ3) is 3.84.